The second kappa shape index (κ2) is 8.21. The molecule has 1 amide bonds. The fourth-order valence-electron chi connectivity index (χ4n) is 4.69. The van der Waals surface area contributed by atoms with Gasteiger partial charge in [0.05, 0.1) is 18.5 Å². The molecule has 6 nitrogen and oxygen atoms in total. The highest BCUT2D eigenvalue weighted by Crippen LogP contribution is 2.39. The Labute approximate surface area is 167 Å². The molecule has 0 radical (unpaired) electrons. The molecule has 0 N–H and O–H groups in total. The van der Waals surface area contributed by atoms with Gasteiger partial charge in [0.1, 0.15) is 11.4 Å². The number of hydrogen-bond acceptors (Lipinski definition) is 5. The molecule has 152 valence electrons. The average Bonchev–Trinajstić information content (AvgIpc) is 3.00. The van der Waals surface area contributed by atoms with Crippen LogP contribution in [0.3, 0.4) is 0 Å². The van der Waals surface area contributed by atoms with Crippen LogP contribution in [-0.2, 0) is 4.79 Å². The second-order valence-corrected chi connectivity index (χ2v) is 8.55. The van der Waals surface area contributed by atoms with Crippen molar-refractivity contribution in [1.82, 2.24) is 14.7 Å². The Morgan fingerprint density at radius 2 is 1.89 bits per heavy atom. The molecule has 1 aromatic carbocycles. The zero-order valence-corrected chi connectivity index (χ0v) is 16.9. The van der Waals surface area contributed by atoms with Crippen LogP contribution in [0.1, 0.15) is 42.5 Å². The largest absolute Gasteiger partial charge is 0.486 e. The van der Waals surface area contributed by atoms with Gasteiger partial charge in [-0.15, -0.1) is 0 Å². The lowest BCUT2D eigenvalue weighted by molar-refractivity contribution is -0.132. The molecule has 6 heteroatoms. The molecule has 1 spiro atoms. The van der Waals surface area contributed by atoms with Gasteiger partial charge in [-0.2, -0.15) is 0 Å². The summed E-state index contributed by atoms with van der Waals surface area (Å²) in [6.45, 7) is 5.99. The lowest BCUT2D eigenvalue weighted by Crippen LogP contribution is -2.44. The first-order chi connectivity index (χ1) is 13.5. The van der Waals surface area contributed by atoms with E-state index in [0.717, 1.165) is 58.4 Å². The molecule has 0 aromatic heterocycles. The van der Waals surface area contributed by atoms with Crippen molar-refractivity contribution in [3.05, 3.63) is 29.8 Å². The summed E-state index contributed by atoms with van der Waals surface area (Å²) in [6.07, 6.45) is 3.96. The molecule has 0 bridgehead atoms. The van der Waals surface area contributed by atoms with E-state index in [0.29, 0.717) is 30.8 Å². The first kappa shape index (κ1) is 19.4. The van der Waals surface area contributed by atoms with Gasteiger partial charge in [-0.1, -0.05) is 12.1 Å². The monoisotopic (exact) mass is 385 g/mol. The highest BCUT2D eigenvalue weighted by molar-refractivity contribution is 6.00. The van der Waals surface area contributed by atoms with Crippen molar-refractivity contribution in [2.24, 2.45) is 0 Å². The topological polar surface area (TPSA) is 53.1 Å². The fourth-order valence-corrected chi connectivity index (χ4v) is 4.69. The van der Waals surface area contributed by atoms with Crippen LogP contribution in [0, 0.1) is 0 Å². The van der Waals surface area contributed by atoms with E-state index in [1.54, 1.807) is 0 Å². The maximum absolute atomic E-state index is 12.9. The molecule has 0 saturated carbocycles. The second-order valence-electron chi connectivity index (χ2n) is 8.55. The zero-order valence-electron chi connectivity index (χ0n) is 16.9. The number of amides is 1. The Bertz CT molecular complexity index is 737. The van der Waals surface area contributed by atoms with E-state index in [9.17, 15) is 9.59 Å². The van der Waals surface area contributed by atoms with Gasteiger partial charge in [-0.25, -0.2) is 0 Å². The normalized spacial score (nSPS) is 27.0. The van der Waals surface area contributed by atoms with Gasteiger partial charge < -0.3 is 14.5 Å². The summed E-state index contributed by atoms with van der Waals surface area (Å²) in [6, 6.07) is 7.52. The summed E-state index contributed by atoms with van der Waals surface area (Å²) in [5.74, 6) is 1.08. The first-order valence-corrected chi connectivity index (χ1v) is 10.5. The van der Waals surface area contributed by atoms with Gasteiger partial charge in [0.2, 0.25) is 5.91 Å². The summed E-state index contributed by atoms with van der Waals surface area (Å²) in [7, 11) is 2.14. The number of Topliss-reactive ketones (excluding diaryl/α,β-unsaturated/α-hetero) is 1. The van der Waals surface area contributed by atoms with E-state index >= 15 is 0 Å². The molecule has 3 heterocycles. The summed E-state index contributed by atoms with van der Waals surface area (Å²) < 4.78 is 6.34. The number of likely N-dealkylation sites (N-methyl/N-ethyl adjacent to an activating group) is 1. The third kappa shape index (κ3) is 4.23. The molecule has 2 saturated heterocycles. The summed E-state index contributed by atoms with van der Waals surface area (Å²) >= 11 is 0. The Kier molecular flexibility index (Phi) is 5.69. The number of carbonyl (C=O) groups excluding carboxylic acids is 2. The number of fused-ring (bicyclic) bond motifs is 1. The third-order valence-electron chi connectivity index (χ3n) is 6.42. The maximum Gasteiger partial charge on any atom is 0.236 e. The lowest BCUT2D eigenvalue weighted by Gasteiger charge is -2.37. The van der Waals surface area contributed by atoms with Gasteiger partial charge in [-0.3, -0.25) is 14.5 Å². The van der Waals surface area contributed by atoms with Crippen molar-refractivity contribution in [1.29, 1.82) is 0 Å². The molecule has 4 rings (SSSR count). The molecule has 0 aliphatic carbocycles. The predicted molar refractivity (Wildman–Crippen MR) is 108 cm³/mol. The number of carbonyl (C=O) groups is 2. The highest BCUT2D eigenvalue weighted by atomic mass is 16.5. The number of para-hydroxylation sites is 1. The Hall–Kier alpha value is -1.92. The van der Waals surface area contributed by atoms with Gasteiger partial charge in [-0.05, 0) is 51.5 Å². The van der Waals surface area contributed by atoms with Crippen LogP contribution >= 0.6 is 0 Å². The first-order valence-electron chi connectivity index (χ1n) is 10.5. The zero-order chi connectivity index (χ0) is 19.6. The van der Waals surface area contributed by atoms with E-state index in [1.807, 2.05) is 29.2 Å². The molecule has 1 unspecified atom stereocenters. The molecular weight excluding hydrogens is 354 g/mol. The van der Waals surface area contributed by atoms with Crippen LogP contribution in [-0.4, -0.2) is 84.9 Å². The average molecular weight is 386 g/mol. The van der Waals surface area contributed by atoms with Crippen molar-refractivity contribution >= 4 is 11.7 Å². The summed E-state index contributed by atoms with van der Waals surface area (Å²) in [4.78, 5) is 32.1. The quantitative estimate of drug-likeness (QED) is 0.780. The van der Waals surface area contributed by atoms with E-state index in [-0.39, 0.29) is 11.7 Å². The molecular formula is C22H31N3O3. The Morgan fingerprint density at radius 3 is 2.79 bits per heavy atom. The smallest absolute Gasteiger partial charge is 0.236 e. The third-order valence-corrected chi connectivity index (χ3v) is 6.42. The van der Waals surface area contributed by atoms with Crippen LogP contribution in [0.2, 0.25) is 0 Å². The standard InChI is InChI=1S/C22H31N3O3/c1-23-10-5-11-24(15-14-23)17-21(27)25-12-4-8-22(9-13-25)16-19(26)18-6-2-3-7-20(18)28-22/h2-3,6-7H,4-5,8-17H2,1H3. The summed E-state index contributed by atoms with van der Waals surface area (Å²) in [5.41, 5.74) is 0.239. The Morgan fingerprint density at radius 1 is 1.04 bits per heavy atom. The van der Waals surface area contributed by atoms with E-state index < -0.39 is 5.60 Å². The Balaban J connectivity index is 1.37. The van der Waals surface area contributed by atoms with Crippen LogP contribution in [0.5, 0.6) is 5.75 Å². The van der Waals surface area contributed by atoms with Crippen molar-refractivity contribution in [3.63, 3.8) is 0 Å². The molecule has 28 heavy (non-hydrogen) atoms. The van der Waals surface area contributed by atoms with E-state index in [4.69, 9.17) is 4.74 Å². The van der Waals surface area contributed by atoms with Crippen LogP contribution < -0.4 is 4.74 Å². The summed E-state index contributed by atoms with van der Waals surface area (Å²) in [5, 5.41) is 0. The van der Waals surface area contributed by atoms with Gasteiger partial charge >= 0.3 is 0 Å². The number of hydrogen-bond donors (Lipinski definition) is 0. The molecule has 1 aromatic rings. The van der Waals surface area contributed by atoms with Crippen LogP contribution in [0.4, 0.5) is 0 Å². The van der Waals surface area contributed by atoms with Gasteiger partial charge in [0, 0.05) is 32.6 Å². The number of likely N-dealkylation sites (tertiary alicyclic amines) is 1. The molecule has 2 fully saturated rings. The highest BCUT2D eigenvalue weighted by Gasteiger charge is 2.42. The number of benzene rings is 1. The minimum Gasteiger partial charge on any atom is -0.486 e. The minimum atomic E-state index is -0.453. The van der Waals surface area contributed by atoms with Crippen LogP contribution in [0.25, 0.3) is 0 Å². The minimum absolute atomic E-state index is 0.162. The van der Waals surface area contributed by atoms with Crippen molar-refractivity contribution in [2.45, 2.75) is 37.7 Å². The number of ketones is 1. The predicted octanol–water partition coefficient (Wildman–Crippen LogP) is 2.04. The van der Waals surface area contributed by atoms with Crippen LogP contribution in [0.15, 0.2) is 24.3 Å². The number of nitrogens with zero attached hydrogens (tertiary/aromatic N) is 3. The van der Waals surface area contributed by atoms with Crippen molar-refractivity contribution < 1.29 is 14.3 Å². The molecule has 3 aliphatic heterocycles. The SMILES string of the molecule is CN1CCCN(CC(=O)N2CCCC3(CC2)CC(=O)c2ccccc2O3)CC1. The lowest BCUT2D eigenvalue weighted by atomic mass is 9.84. The van der Waals surface area contributed by atoms with E-state index in [1.165, 1.54) is 0 Å². The fraction of sp³-hybridized carbons (Fsp3) is 0.636. The number of ether oxygens (including phenoxy) is 1. The van der Waals surface area contributed by atoms with Crippen molar-refractivity contribution in [3.8, 4) is 5.75 Å². The number of rotatable bonds is 2. The molecule has 3 aliphatic rings. The van der Waals surface area contributed by atoms with Gasteiger partial charge in [0.15, 0.2) is 5.78 Å². The van der Waals surface area contributed by atoms with Crippen molar-refractivity contribution in [2.75, 3.05) is 52.9 Å². The molecule has 1 atom stereocenters. The maximum atomic E-state index is 12.9. The van der Waals surface area contributed by atoms with Gasteiger partial charge in [0.25, 0.3) is 0 Å². The van der Waals surface area contributed by atoms with E-state index in [2.05, 4.69) is 16.8 Å².